The summed E-state index contributed by atoms with van der Waals surface area (Å²) in [5.74, 6) is -2.72. The Kier molecular flexibility index (Phi) is 3.67. The topological polar surface area (TPSA) is 108 Å². The van der Waals surface area contributed by atoms with E-state index >= 15 is 0 Å². The molecule has 7 nitrogen and oxygen atoms in total. The van der Waals surface area contributed by atoms with Crippen molar-refractivity contribution < 1.29 is 19.5 Å². The molecule has 0 radical (unpaired) electrons. The number of pyridine rings is 1. The predicted octanol–water partition coefficient (Wildman–Crippen LogP) is 1.34. The normalized spacial score (nSPS) is 22.2. The minimum atomic E-state index is -0.978. The lowest BCUT2D eigenvalue weighted by atomic mass is 10.1. The molecule has 0 saturated heterocycles. The molecule has 1 fully saturated rings. The molecule has 0 aromatic carbocycles. The summed E-state index contributed by atoms with van der Waals surface area (Å²) in [5, 5.41) is 14.2. The van der Waals surface area contributed by atoms with E-state index < -0.39 is 23.2 Å². The van der Waals surface area contributed by atoms with Gasteiger partial charge in [0.2, 0.25) is 11.8 Å². The zero-order valence-corrected chi connectivity index (χ0v) is 12.0. The molecule has 0 spiro atoms. The highest BCUT2D eigenvalue weighted by Gasteiger charge is 2.65. The molecular formula is C14H17N3O4. The van der Waals surface area contributed by atoms with Crippen molar-refractivity contribution >= 4 is 29.3 Å². The first-order chi connectivity index (χ1) is 9.75. The van der Waals surface area contributed by atoms with Gasteiger partial charge in [0.25, 0.3) is 0 Å². The molecule has 1 heterocycles. The van der Waals surface area contributed by atoms with E-state index in [1.807, 2.05) is 0 Å². The summed E-state index contributed by atoms with van der Waals surface area (Å²) in [6, 6.07) is 3.22. The molecule has 1 saturated carbocycles. The Morgan fingerprint density at radius 3 is 2.43 bits per heavy atom. The number of carbonyl (C=O) groups is 3. The van der Waals surface area contributed by atoms with Crippen LogP contribution in [0.5, 0.6) is 0 Å². The number of rotatable bonds is 4. The van der Waals surface area contributed by atoms with Gasteiger partial charge in [-0.25, -0.2) is 4.98 Å². The van der Waals surface area contributed by atoms with Crippen LogP contribution in [0, 0.1) is 17.3 Å². The maximum atomic E-state index is 12.2. The third-order valence-electron chi connectivity index (χ3n) is 3.74. The Morgan fingerprint density at radius 2 is 1.90 bits per heavy atom. The molecule has 112 valence electrons. The van der Waals surface area contributed by atoms with Crippen LogP contribution >= 0.6 is 0 Å². The van der Waals surface area contributed by atoms with E-state index in [9.17, 15) is 14.4 Å². The Labute approximate surface area is 121 Å². The van der Waals surface area contributed by atoms with Crippen molar-refractivity contribution in [2.45, 2.75) is 20.8 Å². The van der Waals surface area contributed by atoms with Gasteiger partial charge in [0.1, 0.15) is 0 Å². The molecule has 2 rings (SSSR count). The molecule has 0 bridgehead atoms. The SMILES string of the molecule is CC(=O)Nc1ncccc1NC(=O)[C@@H]1[C@H](C(=O)O)C1(C)C. The average molecular weight is 291 g/mol. The summed E-state index contributed by atoms with van der Waals surface area (Å²) in [5.41, 5.74) is -0.226. The number of amides is 2. The second kappa shape index (κ2) is 5.16. The number of hydrogen-bond donors (Lipinski definition) is 3. The summed E-state index contributed by atoms with van der Waals surface area (Å²) >= 11 is 0. The molecule has 21 heavy (non-hydrogen) atoms. The Balaban J connectivity index is 2.15. The highest BCUT2D eigenvalue weighted by atomic mass is 16.4. The number of carbonyl (C=O) groups excluding carboxylic acids is 2. The second-order valence-corrected chi connectivity index (χ2v) is 5.68. The fraction of sp³-hybridized carbons (Fsp3) is 0.429. The molecule has 7 heteroatoms. The summed E-state index contributed by atoms with van der Waals surface area (Å²) in [6.07, 6.45) is 1.49. The van der Waals surface area contributed by atoms with Crippen LogP contribution in [0.25, 0.3) is 0 Å². The van der Waals surface area contributed by atoms with Gasteiger partial charge in [0, 0.05) is 13.1 Å². The Morgan fingerprint density at radius 1 is 1.24 bits per heavy atom. The van der Waals surface area contributed by atoms with Crippen LogP contribution in [0.15, 0.2) is 18.3 Å². The van der Waals surface area contributed by atoms with Crippen LogP contribution in [0.3, 0.4) is 0 Å². The van der Waals surface area contributed by atoms with Gasteiger partial charge < -0.3 is 15.7 Å². The van der Waals surface area contributed by atoms with Crippen LogP contribution in [0.2, 0.25) is 0 Å². The Bertz CT molecular complexity index is 612. The highest BCUT2D eigenvalue weighted by Crippen LogP contribution is 2.58. The minimum Gasteiger partial charge on any atom is -0.481 e. The standard InChI is InChI=1S/C14H17N3O4/c1-7(18)16-11-8(5-4-6-15-11)17-12(19)9-10(13(20)21)14(9,2)3/h4-6,9-10H,1-3H3,(H,17,19)(H,20,21)(H,15,16,18)/t9-,10+/m0/s1. The van der Waals surface area contributed by atoms with Crippen molar-refractivity contribution in [3.05, 3.63) is 18.3 Å². The third kappa shape index (κ3) is 2.86. The van der Waals surface area contributed by atoms with E-state index in [-0.39, 0.29) is 17.6 Å². The summed E-state index contributed by atoms with van der Waals surface area (Å²) in [6.45, 7) is 4.83. The summed E-state index contributed by atoms with van der Waals surface area (Å²) < 4.78 is 0. The lowest BCUT2D eigenvalue weighted by Crippen LogP contribution is -2.19. The predicted molar refractivity (Wildman–Crippen MR) is 75.6 cm³/mol. The molecule has 1 aliphatic rings. The number of hydrogen-bond acceptors (Lipinski definition) is 4. The molecule has 3 N–H and O–H groups in total. The lowest BCUT2D eigenvalue weighted by Gasteiger charge is -2.10. The molecule has 1 aliphatic carbocycles. The molecule has 0 unspecified atom stereocenters. The van der Waals surface area contributed by atoms with E-state index in [4.69, 9.17) is 5.11 Å². The van der Waals surface area contributed by atoms with Crippen molar-refractivity contribution in [2.75, 3.05) is 10.6 Å². The minimum absolute atomic E-state index is 0.240. The fourth-order valence-corrected chi connectivity index (χ4v) is 2.57. The van der Waals surface area contributed by atoms with Gasteiger partial charge in [0.05, 0.1) is 17.5 Å². The number of nitrogens with one attached hydrogen (secondary N) is 2. The number of aliphatic carboxylic acids is 1. The van der Waals surface area contributed by atoms with Crippen molar-refractivity contribution in [2.24, 2.45) is 17.3 Å². The first-order valence-corrected chi connectivity index (χ1v) is 6.51. The molecule has 1 aromatic rings. The van der Waals surface area contributed by atoms with Crippen LogP contribution in [0.4, 0.5) is 11.5 Å². The molecule has 2 atom stereocenters. The number of aromatic nitrogens is 1. The second-order valence-electron chi connectivity index (χ2n) is 5.68. The summed E-state index contributed by atoms with van der Waals surface area (Å²) in [4.78, 5) is 38.4. The van der Waals surface area contributed by atoms with Crippen LogP contribution in [-0.4, -0.2) is 27.9 Å². The number of anilines is 2. The lowest BCUT2D eigenvalue weighted by molar-refractivity contribution is -0.140. The maximum Gasteiger partial charge on any atom is 0.307 e. The van der Waals surface area contributed by atoms with E-state index in [0.29, 0.717) is 5.69 Å². The van der Waals surface area contributed by atoms with E-state index in [1.54, 1.807) is 26.0 Å². The van der Waals surface area contributed by atoms with Crippen molar-refractivity contribution in [3.63, 3.8) is 0 Å². The van der Waals surface area contributed by atoms with E-state index in [1.165, 1.54) is 13.1 Å². The van der Waals surface area contributed by atoms with Gasteiger partial charge in [0.15, 0.2) is 5.82 Å². The van der Waals surface area contributed by atoms with E-state index in [2.05, 4.69) is 15.6 Å². The molecule has 1 aromatic heterocycles. The number of nitrogens with zero attached hydrogens (tertiary/aromatic N) is 1. The van der Waals surface area contributed by atoms with Crippen LogP contribution < -0.4 is 10.6 Å². The van der Waals surface area contributed by atoms with Gasteiger partial charge in [-0.15, -0.1) is 0 Å². The quantitative estimate of drug-likeness (QED) is 0.775. The zero-order valence-electron chi connectivity index (χ0n) is 12.0. The van der Waals surface area contributed by atoms with Crippen LogP contribution in [-0.2, 0) is 14.4 Å². The van der Waals surface area contributed by atoms with Crippen molar-refractivity contribution in [1.82, 2.24) is 4.98 Å². The van der Waals surface area contributed by atoms with E-state index in [0.717, 1.165) is 0 Å². The number of carboxylic acids is 1. The van der Waals surface area contributed by atoms with Crippen LogP contribution in [0.1, 0.15) is 20.8 Å². The monoisotopic (exact) mass is 291 g/mol. The van der Waals surface area contributed by atoms with Crippen molar-refractivity contribution in [1.29, 1.82) is 0 Å². The largest absolute Gasteiger partial charge is 0.481 e. The van der Waals surface area contributed by atoms with Crippen molar-refractivity contribution in [3.8, 4) is 0 Å². The first-order valence-electron chi connectivity index (χ1n) is 6.51. The van der Waals surface area contributed by atoms with Gasteiger partial charge in [-0.1, -0.05) is 13.8 Å². The first kappa shape index (κ1) is 15.0. The molecule has 0 aliphatic heterocycles. The molecular weight excluding hydrogens is 274 g/mol. The smallest absolute Gasteiger partial charge is 0.307 e. The number of carboxylic acid groups (broad SMARTS) is 1. The van der Waals surface area contributed by atoms with Gasteiger partial charge in [-0.05, 0) is 17.5 Å². The third-order valence-corrected chi connectivity index (χ3v) is 3.74. The van der Waals surface area contributed by atoms with Gasteiger partial charge in [-0.2, -0.15) is 0 Å². The van der Waals surface area contributed by atoms with Gasteiger partial charge >= 0.3 is 5.97 Å². The summed E-state index contributed by atoms with van der Waals surface area (Å²) in [7, 11) is 0. The fourth-order valence-electron chi connectivity index (χ4n) is 2.57. The zero-order chi connectivity index (χ0) is 15.8. The molecule has 2 amide bonds. The van der Waals surface area contributed by atoms with Gasteiger partial charge in [-0.3, -0.25) is 14.4 Å². The Hall–Kier alpha value is -2.44. The average Bonchev–Trinajstić information content (AvgIpc) is 2.94. The highest BCUT2D eigenvalue weighted by molar-refractivity contribution is 6.02. The maximum absolute atomic E-state index is 12.2.